The number of carbonyl (C=O) groups is 1. The lowest BCUT2D eigenvalue weighted by atomic mass is 11.4. The molecule has 4 nitrogen and oxygen atoms in total. The van der Waals surface area contributed by atoms with E-state index >= 15 is 0 Å². The third-order valence-corrected chi connectivity index (χ3v) is 0.557. The fraction of sp³-hybridized carbons (Fsp3) is 0. The van der Waals surface area contributed by atoms with Gasteiger partial charge in [0.2, 0.25) is 0 Å². The SMILES string of the molecule is NNC(=O)SN. The van der Waals surface area contributed by atoms with Gasteiger partial charge < -0.3 is 0 Å². The quantitative estimate of drug-likeness (QED) is 0.163. The van der Waals surface area contributed by atoms with E-state index in [0.29, 0.717) is 11.9 Å². The zero-order valence-corrected chi connectivity index (χ0v) is 3.79. The highest BCUT2D eigenvalue weighted by molar-refractivity contribution is 8.11. The number of hydrogen-bond donors (Lipinski definition) is 3. The maximum absolute atomic E-state index is 9.78. The standard InChI is InChI=1S/CH5N3OS/c2-4-1(5)6-3/h2-3H2,(H,4,5). The molecule has 0 aliphatic heterocycles. The van der Waals surface area contributed by atoms with E-state index in [1.54, 1.807) is 0 Å². The molecule has 0 aromatic heterocycles. The maximum atomic E-state index is 9.78. The van der Waals surface area contributed by atoms with Crippen LogP contribution in [0.3, 0.4) is 0 Å². The fourth-order valence-corrected chi connectivity index (χ4v) is 0.102. The van der Waals surface area contributed by atoms with Gasteiger partial charge >= 0.3 is 5.24 Å². The van der Waals surface area contributed by atoms with Crippen LogP contribution in [0.25, 0.3) is 0 Å². The number of hydrazine groups is 1. The second kappa shape index (κ2) is 2.95. The molecule has 1 amide bonds. The van der Waals surface area contributed by atoms with Gasteiger partial charge in [-0.3, -0.25) is 15.4 Å². The van der Waals surface area contributed by atoms with Crippen molar-refractivity contribution in [2.45, 2.75) is 0 Å². The van der Waals surface area contributed by atoms with Gasteiger partial charge in [-0.05, 0) is 0 Å². The molecule has 0 bridgehead atoms. The van der Waals surface area contributed by atoms with Gasteiger partial charge in [0.1, 0.15) is 0 Å². The molecule has 0 radical (unpaired) electrons. The van der Waals surface area contributed by atoms with Gasteiger partial charge in [-0.2, -0.15) is 0 Å². The van der Waals surface area contributed by atoms with Crippen molar-refractivity contribution in [3.8, 4) is 0 Å². The highest BCUT2D eigenvalue weighted by atomic mass is 32.2. The zero-order chi connectivity index (χ0) is 4.99. The van der Waals surface area contributed by atoms with Gasteiger partial charge in [-0.25, -0.2) is 5.84 Å². The van der Waals surface area contributed by atoms with E-state index in [0.717, 1.165) is 0 Å². The molecule has 0 aromatic carbocycles. The number of rotatable bonds is 0. The highest BCUT2D eigenvalue weighted by Gasteiger charge is 1.87. The monoisotopic (exact) mass is 107 g/mol. The Morgan fingerprint density at radius 2 is 2.33 bits per heavy atom. The molecule has 5 N–H and O–H groups in total. The Bertz CT molecular complexity index is 48.8. The van der Waals surface area contributed by atoms with Crippen LogP contribution in [0, 0.1) is 0 Å². The van der Waals surface area contributed by atoms with Crippen molar-refractivity contribution in [3.63, 3.8) is 0 Å². The van der Waals surface area contributed by atoms with Crippen LogP contribution in [-0.2, 0) is 0 Å². The molecule has 0 aromatic rings. The van der Waals surface area contributed by atoms with Gasteiger partial charge in [0, 0.05) is 11.9 Å². The van der Waals surface area contributed by atoms with E-state index in [9.17, 15) is 4.79 Å². The summed E-state index contributed by atoms with van der Waals surface area (Å²) in [6.45, 7) is 0. The van der Waals surface area contributed by atoms with Crippen LogP contribution in [0.4, 0.5) is 4.79 Å². The van der Waals surface area contributed by atoms with Crippen LogP contribution < -0.4 is 16.4 Å². The molecule has 0 spiro atoms. The van der Waals surface area contributed by atoms with Gasteiger partial charge in [-0.1, -0.05) is 0 Å². The summed E-state index contributed by atoms with van der Waals surface area (Å²) in [5.41, 5.74) is 1.81. The summed E-state index contributed by atoms with van der Waals surface area (Å²) in [4.78, 5) is 9.78. The van der Waals surface area contributed by atoms with Crippen molar-refractivity contribution in [2.75, 3.05) is 0 Å². The van der Waals surface area contributed by atoms with Crippen molar-refractivity contribution in [1.82, 2.24) is 5.43 Å². The van der Waals surface area contributed by atoms with E-state index < -0.39 is 5.24 Å². The van der Waals surface area contributed by atoms with E-state index in [-0.39, 0.29) is 0 Å². The second-order valence-electron chi connectivity index (χ2n) is 0.550. The van der Waals surface area contributed by atoms with E-state index in [4.69, 9.17) is 5.14 Å². The average molecular weight is 107 g/mol. The molecule has 6 heavy (non-hydrogen) atoms. The van der Waals surface area contributed by atoms with Crippen LogP contribution >= 0.6 is 11.9 Å². The Kier molecular flexibility index (Phi) is 2.82. The number of nitrogens with two attached hydrogens (primary N) is 2. The lowest BCUT2D eigenvalue weighted by Crippen LogP contribution is -2.26. The molecule has 0 rings (SSSR count). The van der Waals surface area contributed by atoms with Gasteiger partial charge in [0.15, 0.2) is 0 Å². The van der Waals surface area contributed by atoms with Crippen LogP contribution in [0.2, 0.25) is 0 Å². The Balaban J connectivity index is 2.99. The average Bonchev–Trinajstić information content (AvgIpc) is 1.65. The number of carbonyl (C=O) groups excluding carboxylic acids is 1. The fourth-order valence-electron chi connectivity index (χ4n) is 0.0340. The minimum Gasteiger partial charge on any atom is -0.284 e. The lowest BCUT2D eigenvalue weighted by molar-refractivity contribution is 0.261. The Hall–Kier alpha value is -0.260. The molecule has 5 heteroatoms. The third kappa shape index (κ3) is 2.01. The van der Waals surface area contributed by atoms with Crippen molar-refractivity contribution >= 4 is 17.2 Å². The van der Waals surface area contributed by atoms with Gasteiger partial charge in [-0.15, -0.1) is 0 Å². The van der Waals surface area contributed by atoms with E-state index in [1.165, 1.54) is 0 Å². The molecular formula is CH5N3OS. The van der Waals surface area contributed by atoms with Crippen LogP contribution in [0.5, 0.6) is 0 Å². The first kappa shape index (κ1) is 5.74. The first-order valence-electron chi connectivity index (χ1n) is 1.18. The predicted octanol–water partition coefficient (Wildman–Crippen LogP) is -0.823. The van der Waals surface area contributed by atoms with Crippen LogP contribution in [-0.4, -0.2) is 5.24 Å². The summed E-state index contributed by atoms with van der Waals surface area (Å²) in [6.07, 6.45) is 0. The second-order valence-corrected chi connectivity index (χ2v) is 1.16. The first-order chi connectivity index (χ1) is 2.81. The lowest BCUT2D eigenvalue weighted by Gasteiger charge is -1.86. The molecule has 36 valence electrons. The number of hydrogen-bond acceptors (Lipinski definition) is 4. The molecule has 0 unspecified atom stereocenters. The van der Waals surface area contributed by atoms with Crippen molar-refractivity contribution in [1.29, 1.82) is 0 Å². The highest BCUT2D eigenvalue weighted by Crippen LogP contribution is 1.81. The summed E-state index contributed by atoms with van der Waals surface area (Å²) in [5.74, 6) is 4.58. The molecule has 0 aliphatic rings. The summed E-state index contributed by atoms with van der Waals surface area (Å²) in [6, 6.07) is 0. The zero-order valence-electron chi connectivity index (χ0n) is 2.97. The molecule has 0 heterocycles. The largest absolute Gasteiger partial charge is 0.307 e. The maximum Gasteiger partial charge on any atom is 0.307 e. The summed E-state index contributed by atoms with van der Waals surface area (Å²) in [5, 5.41) is 4.27. The summed E-state index contributed by atoms with van der Waals surface area (Å²) in [7, 11) is 0. The number of nitrogens with one attached hydrogen (secondary N) is 1. The van der Waals surface area contributed by atoms with Gasteiger partial charge in [0.05, 0.1) is 0 Å². The summed E-state index contributed by atoms with van der Waals surface area (Å²) >= 11 is 0.550. The van der Waals surface area contributed by atoms with Crippen molar-refractivity contribution in [2.24, 2.45) is 11.0 Å². The molecule has 0 fully saturated rings. The molecule has 0 saturated carbocycles. The number of amides is 1. The normalized spacial score (nSPS) is 7.67. The summed E-state index contributed by atoms with van der Waals surface area (Å²) < 4.78 is 0. The molecule has 0 atom stereocenters. The molecule has 0 aliphatic carbocycles. The van der Waals surface area contributed by atoms with Crippen LogP contribution in [0.1, 0.15) is 0 Å². The minimum absolute atomic E-state index is 0.435. The van der Waals surface area contributed by atoms with E-state index in [2.05, 4.69) is 5.84 Å². The Labute approximate surface area is 39.4 Å². The topological polar surface area (TPSA) is 81.1 Å². The minimum atomic E-state index is -0.435. The Morgan fingerprint density at radius 3 is 2.33 bits per heavy atom. The first-order valence-corrected chi connectivity index (χ1v) is 2.06. The third-order valence-electron chi connectivity index (χ3n) is 0.225. The molecule has 0 saturated heterocycles. The van der Waals surface area contributed by atoms with E-state index in [1.807, 2.05) is 5.43 Å². The van der Waals surface area contributed by atoms with Crippen LogP contribution in [0.15, 0.2) is 0 Å². The predicted molar refractivity (Wildman–Crippen MR) is 24.5 cm³/mol. The smallest absolute Gasteiger partial charge is 0.284 e. The van der Waals surface area contributed by atoms with Crippen molar-refractivity contribution < 1.29 is 4.79 Å². The van der Waals surface area contributed by atoms with Crippen molar-refractivity contribution in [3.05, 3.63) is 0 Å². The van der Waals surface area contributed by atoms with Gasteiger partial charge in [0.25, 0.3) is 0 Å². The molecular weight excluding hydrogens is 102 g/mol. The Morgan fingerprint density at radius 1 is 1.83 bits per heavy atom.